The average Bonchev–Trinajstić information content (AvgIpc) is 2.87. The fourth-order valence-corrected chi connectivity index (χ4v) is 5.38. The second-order valence-electron chi connectivity index (χ2n) is 8.77. The zero-order valence-electron chi connectivity index (χ0n) is 20.8. The summed E-state index contributed by atoms with van der Waals surface area (Å²) in [5, 5.41) is 3.21. The Morgan fingerprint density at radius 2 is 1.46 bits per heavy atom. The topological polar surface area (TPSA) is 86.8 Å². The van der Waals surface area contributed by atoms with Gasteiger partial charge >= 0.3 is 0 Å². The molecule has 0 aliphatic rings. The highest BCUT2D eigenvalue weighted by Crippen LogP contribution is 2.30. The zero-order chi connectivity index (χ0) is 27.2. The summed E-state index contributed by atoms with van der Waals surface area (Å²) in [6, 6.07) is 20.4. The first kappa shape index (κ1) is 28.5. The van der Waals surface area contributed by atoms with Crippen LogP contribution < -0.4 is 9.62 Å². The normalized spacial score (nSPS) is 12.2. The van der Waals surface area contributed by atoms with Crippen LogP contribution in [0.2, 0.25) is 10.0 Å². The summed E-state index contributed by atoms with van der Waals surface area (Å²) in [6.45, 7) is 4.83. The first-order valence-corrected chi connectivity index (χ1v) is 13.9. The highest BCUT2D eigenvalue weighted by molar-refractivity contribution is 7.92. The van der Waals surface area contributed by atoms with Gasteiger partial charge in [-0.3, -0.25) is 13.9 Å². The van der Waals surface area contributed by atoms with Crippen molar-refractivity contribution in [2.75, 3.05) is 10.8 Å². The minimum Gasteiger partial charge on any atom is -0.352 e. The largest absolute Gasteiger partial charge is 0.352 e. The van der Waals surface area contributed by atoms with E-state index in [1.54, 1.807) is 25.1 Å². The van der Waals surface area contributed by atoms with Crippen LogP contribution in [-0.4, -0.2) is 43.8 Å². The maximum atomic E-state index is 13.8. The third kappa shape index (κ3) is 7.25. The number of halogens is 2. The minimum absolute atomic E-state index is 0.00841. The number of carbonyl (C=O) groups is 2. The summed E-state index contributed by atoms with van der Waals surface area (Å²) >= 11 is 12.3. The van der Waals surface area contributed by atoms with E-state index in [1.807, 2.05) is 44.2 Å². The lowest BCUT2D eigenvalue weighted by Gasteiger charge is -2.32. The Morgan fingerprint density at radius 1 is 0.865 bits per heavy atom. The van der Waals surface area contributed by atoms with Crippen molar-refractivity contribution in [3.8, 4) is 0 Å². The van der Waals surface area contributed by atoms with E-state index in [2.05, 4.69) is 5.32 Å². The predicted octanol–water partition coefficient (Wildman–Crippen LogP) is 5.13. The van der Waals surface area contributed by atoms with E-state index in [-0.39, 0.29) is 39.1 Å². The van der Waals surface area contributed by atoms with Gasteiger partial charge in [-0.1, -0.05) is 71.7 Å². The SMILES string of the molecule is CC(C)NC(=O)[C@H](C)N(Cc1ccccc1)C(=O)CN(c1ccc(Cl)c(Cl)c1)S(=O)(=O)c1ccccc1. The van der Waals surface area contributed by atoms with Crippen molar-refractivity contribution >= 4 is 50.7 Å². The number of benzene rings is 3. The Bertz CT molecular complexity index is 1340. The third-order valence-corrected chi connectivity index (χ3v) is 8.12. The van der Waals surface area contributed by atoms with E-state index in [0.717, 1.165) is 9.87 Å². The molecule has 37 heavy (non-hydrogen) atoms. The molecule has 0 heterocycles. The summed E-state index contributed by atoms with van der Waals surface area (Å²) in [5.74, 6) is -0.896. The van der Waals surface area contributed by atoms with Crippen molar-refractivity contribution in [1.82, 2.24) is 10.2 Å². The third-order valence-electron chi connectivity index (χ3n) is 5.60. The number of sulfonamides is 1. The minimum atomic E-state index is -4.17. The van der Waals surface area contributed by atoms with Crippen molar-refractivity contribution in [1.29, 1.82) is 0 Å². The fraction of sp³-hybridized carbons (Fsp3) is 0.259. The molecule has 0 saturated carbocycles. The molecule has 0 unspecified atom stereocenters. The van der Waals surface area contributed by atoms with E-state index in [9.17, 15) is 18.0 Å². The Labute approximate surface area is 228 Å². The van der Waals surface area contributed by atoms with Crippen LogP contribution in [0.15, 0.2) is 83.8 Å². The van der Waals surface area contributed by atoms with Crippen LogP contribution in [-0.2, 0) is 26.2 Å². The van der Waals surface area contributed by atoms with E-state index in [0.29, 0.717) is 0 Å². The Balaban J connectivity index is 2.03. The molecule has 1 atom stereocenters. The highest BCUT2D eigenvalue weighted by Gasteiger charge is 2.32. The van der Waals surface area contributed by atoms with Crippen LogP contribution in [0.4, 0.5) is 5.69 Å². The van der Waals surface area contributed by atoms with Crippen molar-refractivity contribution in [3.05, 3.63) is 94.5 Å². The van der Waals surface area contributed by atoms with Gasteiger partial charge in [-0.2, -0.15) is 0 Å². The summed E-state index contributed by atoms with van der Waals surface area (Å²) in [5.41, 5.74) is 0.970. The van der Waals surface area contributed by atoms with Crippen LogP contribution in [0.3, 0.4) is 0 Å². The fourth-order valence-electron chi connectivity index (χ4n) is 3.66. The molecule has 2 amide bonds. The van der Waals surface area contributed by atoms with Gasteiger partial charge in [0.2, 0.25) is 11.8 Å². The number of carbonyl (C=O) groups excluding carboxylic acids is 2. The lowest BCUT2D eigenvalue weighted by Crippen LogP contribution is -2.52. The quantitative estimate of drug-likeness (QED) is 0.371. The molecule has 196 valence electrons. The van der Waals surface area contributed by atoms with Crippen molar-refractivity contribution < 1.29 is 18.0 Å². The smallest absolute Gasteiger partial charge is 0.264 e. The van der Waals surface area contributed by atoms with Gasteiger partial charge in [-0.05, 0) is 56.7 Å². The van der Waals surface area contributed by atoms with Gasteiger partial charge in [0, 0.05) is 12.6 Å². The van der Waals surface area contributed by atoms with Gasteiger partial charge < -0.3 is 10.2 Å². The average molecular weight is 563 g/mol. The number of anilines is 1. The molecule has 0 aromatic heterocycles. The van der Waals surface area contributed by atoms with Crippen LogP contribution in [0.25, 0.3) is 0 Å². The van der Waals surface area contributed by atoms with Crippen LogP contribution in [0.1, 0.15) is 26.3 Å². The zero-order valence-corrected chi connectivity index (χ0v) is 23.1. The number of hydrogen-bond acceptors (Lipinski definition) is 4. The summed E-state index contributed by atoms with van der Waals surface area (Å²) < 4.78 is 28.4. The molecule has 7 nitrogen and oxygen atoms in total. The van der Waals surface area contributed by atoms with E-state index >= 15 is 0 Å². The molecule has 0 fully saturated rings. The standard InChI is InChI=1S/C27H29Cl2N3O4S/c1-19(2)30-27(34)20(3)31(17-21-10-6-4-7-11-21)26(33)18-32(22-14-15-24(28)25(29)16-22)37(35,36)23-12-8-5-9-13-23/h4-16,19-20H,17-18H2,1-3H3,(H,30,34)/t20-/m0/s1. The molecular formula is C27H29Cl2N3O4S. The lowest BCUT2D eigenvalue weighted by molar-refractivity contribution is -0.139. The van der Waals surface area contributed by atoms with Crippen molar-refractivity contribution in [3.63, 3.8) is 0 Å². The van der Waals surface area contributed by atoms with Gasteiger partial charge in [0.15, 0.2) is 0 Å². The second kappa shape index (κ2) is 12.4. The van der Waals surface area contributed by atoms with Gasteiger partial charge in [-0.25, -0.2) is 8.42 Å². The summed E-state index contributed by atoms with van der Waals surface area (Å²) in [4.78, 5) is 28.0. The maximum absolute atomic E-state index is 13.8. The molecule has 3 rings (SSSR count). The number of nitrogens with one attached hydrogen (secondary N) is 1. The molecule has 3 aromatic carbocycles. The van der Waals surface area contributed by atoms with Crippen LogP contribution in [0, 0.1) is 0 Å². The van der Waals surface area contributed by atoms with E-state index in [4.69, 9.17) is 23.2 Å². The molecule has 0 aliphatic heterocycles. The molecule has 0 radical (unpaired) electrons. The van der Waals surface area contributed by atoms with Crippen molar-refractivity contribution in [2.24, 2.45) is 0 Å². The monoisotopic (exact) mass is 561 g/mol. The summed E-state index contributed by atoms with van der Waals surface area (Å²) in [6.07, 6.45) is 0. The second-order valence-corrected chi connectivity index (χ2v) is 11.4. The number of amides is 2. The van der Waals surface area contributed by atoms with E-state index in [1.165, 1.54) is 35.2 Å². The Morgan fingerprint density at radius 3 is 2.03 bits per heavy atom. The number of nitrogens with zero attached hydrogens (tertiary/aromatic N) is 2. The first-order chi connectivity index (χ1) is 17.5. The van der Waals surface area contributed by atoms with Gasteiger partial charge in [-0.15, -0.1) is 0 Å². The van der Waals surface area contributed by atoms with E-state index < -0.39 is 28.5 Å². The lowest BCUT2D eigenvalue weighted by atomic mass is 10.1. The molecule has 0 saturated heterocycles. The number of hydrogen-bond donors (Lipinski definition) is 1. The first-order valence-electron chi connectivity index (χ1n) is 11.7. The molecular weight excluding hydrogens is 533 g/mol. The molecule has 0 bridgehead atoms. The summed E-state index contributed by atoms with van der Waals surface area (Å²) in [7, 11) is -4.17. The molecule has 10 heteroatoms. The van der Waals surface area contributed by atoms with Gasteiger partial charge in [0.1, 0.15) is 12.6 Å². The van der Waals surface area contributed by atoms with Crippen LogP contribution in [0.5, 0.6) is 0 Å². The molecule has 1 N–H and O–H groups in total. The molecule has 0 spiro atoms. The predicted molar refractivity (Wildman–Crippen MR) is 147 cm³/mol. The maximum Gasteiger partial charge on any atom is 0.264 e. The van der Waals surface area contributed by atoms with Crippen LogP contribution >= 0.6 is 23.2 Å². The molecule has 0 aliphatic carbocycles. The van der Waals surface area contributed by atoms with Crippen molar-refractivity contribution in [2.45, 2.75) is 44.3 Å². The molecule has 3 aromatic rings. The van der Waals surface area contributed by atoms with Gasteiger partial charge in [0.05, 0.1) is 20.6 Å². The Hall–Kier alpha value is -3.07. The number of rotatable bonds is 10. The Kier molecular flexibility index (Phi) is 9.59. The highest BCUT2D eigenvalue weighted by atomic mass is 35.5. The van der Waals surface area contributed by atoms with Gasteiger partial charge in [0.25, 0.3) is 10.0 Å².